The van der Waals surface area contributed by atoms with Crippen LogP contribution in [-0.2, 0) is 0 Å². The van der Waals surface area contributed by atoms with Gasteiger partial charge in [0, 0.05) is 0 Å². The second-order valence-electron chi connectivity index (χ2n) is 5.20. The fourth-order valence-electron chi connectivity index (χ4n) is 2.62. The molecule has 1 heteroatoms. The minimum atomic E-state index is -0.937. The van der Waals surface area contributed by atoms with Gasteiger partial charge in [-0.3, -0.25) is 0 Å². The molecule has 0 amide bonds. The molecule has 1 atom stereocenters. The Morgan fingerprint density at radius 3 is 2.07 bits per heavy atom. The molecule has 0 saturated carbocycles. The van der Waals surface area contributed by atoms with Crippen LogP contribution in [0.3, 0.4) is 0 Å². The highest BCUT2D eigenvalue weighted by molar-refractivity contribution is 6.79. The maximum absolute atomic E-state index is 2.63. The van der Waals surface area contributed by atoms with E-state index >= 15 is 0 Å². The molecule has 0 heterocycles. The zero-order chi connectivity index (χ0) is 11.7. The first kappa shape index (κ1) is 15.0. The molecule has 15 heavy (non-hydrogen) atoms. The lowest BCUT2D eigenvalue weighted by atomic mass is 10.2. The van der Waals surface area contributed by atoms with Crippen LogP contribution in [0.2, 0.25) is 24.2 Å². The zero-order valence-corrected chi connectivity index (χ0v) is 12.5. The van der Waals surface area contributed by atoms with Gasteiger partial charge in [-0.2, -0.15) is 0 Å². The number of hydrogen-bond donors (Lipinski definition) is 0. The van der Waals surface area contributed by atoms with Crippen molar-refractivity contribution in [3.05, 3.63) is 12.2 Å². The Morgan fingerprint density at radius 1 is 1.13 bits per heavy atom. The molecule has 0 rings (SSSR count). The van der Waals surface area contributed by atoms with Gasteiger partial charge in [-0.25, -0.2) is 0 Å². The molecule has 0 nitrogen and oxygen atoms in total. The van der Waals surface area contributed by atoms with Gasteiger partial charge < -0.3 is 0 Å². The van der Waals surface area contributed by atoms with Crippen LogP contribution in [-0.4, -0.2) is 8.07 Å². The van der Waals surface area contributed by atoms with Crippen LogP contribution in [0.25, 0.3) is 0 Å². The van der Waals surface area contributed by atoms with Gasteiger partial charge in [-0.1, -0.05) is 64.4 Å². The van der Waals surface area contributed by atoms with Crippen LogP contribution < -0.4 is 0 Å². The highest BCUT2D eigenvalue weighted by Gasteiger charge is 2.30. The average Bonchev–Trinajstić information content (AvgIpc) is 2.18. The van der Waals surface area contributed by atoms with Crippen LogP contribution in [0.15, 0.2) is 12.2 Å². The lowest BCUT2D eigenvalue weighted by Crippen LogP contribution is -2.34. The second-order valence-corrected chi connectivity index (χ2v) is 10.5. The minimum Gasteiger partial charge on any atom is -0.0917 e. The summed E-state index contributed by atoms with van der Waals surface area (Å²) < 4.78 is 0. The molecular weight excluding hydrogens is 196 g/mol. The first-order chi connectivity index (χ1) is 7.10. The molecule has 0 N–H and O–H groups in total. The Hall–Kier alpha value is -0.0431. The summed E-state index contributed by atoms with van der Waals surface area (Å²) in [6.07, 6.45) is 9.97. The highest BCUT2D eigenvalue weighted by Crippen LogP contribution is 2.35. The van der Waals surface area contributed by atoms with Crippen LogP contribution in [0.4, 0.5) is 0 Å². The normalized spacial score (nSPS) is 14.7. The second kappa shape index (κ2) is 8.15. The topological polar surface area (TPSA) is 0 Å². The van der Waals surface area contributed by atoms with E-state index < -0.39 is 8.07 Å². The maximum atomic E-state index is 2.63. The van der Waals surface area contributed by atoms with Crippen LogP contribution in [0.1, 0.15) is 53.4 Å². The van der Waals surface area contributed by atoms with E-state index in [-0.39, 0.29) is 0 Å². The summed E-state index contributed by atoms with van der Waals surface area (Å²) in [5.74, 6) is 0. The summed E-state index contributed by atoms with van der Waals surface area (Å²) in [5, 5.41) is 0. The van der Waals surface area contributed by atoms with E-state index in [0.717, 1.165) is 5.54 Å². The van der Waals surface area contributed by atoms with Crippen molar-refractivity contribution in [1.29, 1.82) is 0 Å². The molecule has 0 aromatic carbocycles. The Morgan fingerprint density at radius 2 is 1.67 bits per heavy atom. The van der Waals surface area contributed by atoms with Crippen molar-refractivity contribution in [1.82, 2.24) is 0 Å². The van der Waals surface area contributed by atoms with Gasteiger partial charge >= 0.3 is 0 Å². The summed E-state index contributed by atoms with van der Waals surface area (Å²) in [4.78, 5) is 0. The van der Waals surface area contributed by atoms with E-state index in [1.165, 1.54) is 37.8 Å². The first-order valence-corrected chi connectivity index (χ1v) is 9.71. The summed E-state index contributed by atoms with van der Waals surface area (Å²) in [5.41, 5.74) is 0.994. The van der Waals surface area contributed by atoms with Crippen molar-refractivity contribution in [3.8, 4) is 0 Å². The van der Waals surface area contributed by atoms with E-state index in [1.54, 1.807) is 0 Å². The predicted molar refractivity (Wildman–Crippen MR) is 75.3 cm³/mol. The molecule has 0 aliphatic heterocycles. The number of hydrogen-bond acceptors (Lipinski definition) is 0. The first-order valence-electron chi connectivity index (χ1n) is 6.71. The zero-order valence-electron chi connectivity index (χ0n) is 11.5. The molecule has 0 fully saturated rings. The van der Waals surface area contributed by atoms with Gasteiger partial charge in [0.25, 0.3) is 0 Å². The van der Waals surface area contributed by atoms with Crippen LogP contribution in [0.5, 0.6) is 0 Å². The third kappa shape index (κ3) is 5.55. The Kier molecular flexibility index (Phi) is 8.13. The third-order valence-corrected chi connectivity index (χ3v) is 9.79. The van der Waals surface area contributed by atoms with Crippen molar-refractivity contribution < 1.29 is 0 Å². The fourth-order valence-corrected chi connectivity index (χ4v) is 7.01. The van der Waals surface area contributed by atoms with Crippen molar-refractivity contribution >= 4 is 8.07 Å². The molecule has 0 aliphatic carbocycles. The summed E-state index contributed by atoms with van der Waals surface area (Å²) in [7, 11) is -0.937. The Labute approximate surface area is 98.2 Å². The molecule has 0 aromatic heterocycles. The molecular formula is C14H30Si. The van der Waals surface area contributed by atoms with Gasteiger partial charge in [-0.15, -0.1) is 0 Å². The Balaban J connectivity index is 4.20. The standard InChI is InChI=1S/C14H30Si/c1-6-9-10-11-14(4)15(5,12-7-2)13-8-3/h6,9,14H,7-8,10-13H2,1-5H3. The van der Waals surface area contributed by atoms with E-state index in [9.17, 15) is 0 Å². The summed E-state index contributed by atoms with van der Waals surface area (Å²) in [6.45, 7) is 11.9. The molecule has 1 unspecified atom stereocenters. The smallest absolute Gasteiger partial charge is 0.0533 e. The van der Waals surface area contributed by atoms with E-state index in [0.29, 0.717) is 0 Å². The Bertz CT molecular complexity index is 166. The molecule has 0 saturated heterocycles. The van der Waals surface area contributed by atoms with E-state index in [2.05, 4.69) is 46.4 Å². The molecule has 0 spiro atoms. The van der Waals surface area contributed by atoms with Crippen LogP contribution >= 0.6 is 0 Å². The number of rotatable bonds is 8. The molecule has 90 valence electrons. The molecule has 0 bridgehead atoms. The monoisotopic (exact) mass is 226 g/mol. The van der Waals surface area contributed by atoms with Gasteiger partial charge in [0.05, 0.1) is 8.07 Å². The lowest BCUT2D eigenvalue weighted by Gasteiger charge is -2.33. The van der Waals surface area contributed by atoms with Crippen molar-refractivity contribution in [2.45, 2.75) is 77.6 Å². The minimum absolute atomic E-state index is 0.937. The predicted octanol–water partition coefficient (Wildman–Crippen LogP) is 5.63. The van der Waals surface area contributed by atoms with Gasteiger partial charge in [0.2, 0.25) is 0 Å². The molecule has 0 aromatic rings. The van der Waals surface area contributed by atoms with E-state index in [1.807, 2.05) is 0 Å². The van der Waals surface area contributed by atoms with Crippen LogP contribution in [0, 0.1) is 0 Å². The van der Waals surface area contributed by atoms with Gasteiger partial charge in [-0.05, 0) is 25.3 Å². The maximum Gasteiger partial charge on any atom is 0.0533 e. The fraction of sp³-hybridized carbons (Fsp3) is 0.857. The van der Waals surface area contributed by atoms with Gasteiger partial charge in [0.15, 0.2) is 0 Å². The molecule has 0 radical (unpaired) electrons. The SMILES string of the molecule is CC=CCCC(C)[Si](C)(CCC)CCC. The van der Waals surface area contributed by atoms with Crippen molar-refractivity contribution in [2.75, 3.05) is 0 Å². The third-order valence-electron chi connectivity index (χ3n) is 3.83. The quantitative estimate of drug-likeness (QED) is 0.371. The van der Waals surface area contributed by atoms with Crippen molar-refractivity contribution in [2.24, 2.45) is 0 Å². The van der Waals surface area contributed by atoms with Gasteiger partial charge in [0.1, 0.15) is 0 Å². The highest BCUT2D eigenvalue weighted by atomic mass is 28.3. The molecule has 0 aliphatic rings. The lowest BCUT2D eigenvalue weighted by molar-refractivity contribution is 0.755. The summed E-state index contributed by atoms with van der Waals surface area (Å²) >= 11 is 0. The average molecular weight is 226 g/mol. The van der Waals surface area contributed by atoms with E-state index in [4.69, 9.17) is 0 Å². The number of allylic oxidation sites excluding steroid dienone is 2. The summed E-state index contributed by atoms with van der Waals surface area (Å²) in [6, 6.07) is 3.05. The van der Waals surface area contributed by atoms with Crippen molar-refractivity contribution in [3.63, 3.8) is 0 Å². The largest absolute Gasteiger partial charge is 0.0917 e.